The molecule has 3 rings (SSSR count). The highest BCUT2D eigenvalue weighted by molar-refractivity contribution is 5.96. The third kappa shape index (κ3) is 2.76. The lowest BCUT2D eigenvalue weighted by Crippen LogP contribution is -2.24. The number of rotatable bonds is 5. The SMILES string of the molecule is CCOc1ccccc1C(=O)NCc1nnc2ccccn12. The summed E-state index contributed by atoms with van der Waals surface area (Å²) in [6.45, 7) is 2.70. The van der Waals surface area contributed by atoms with Gasteiger partial charge in [0.25, 0.3) is 5.91 Å². The molecule has 0 saturated heterocycles. The van der Waals surface area contributed by atoms with Crippen LogP contribution in [-0.2, 0) is 6.54 Å². The molecule has 22 heavy (non-hydrogen) atoms. The average molecular weight is 296 g/mol. The molecule has 6 heteroatoms. The number of fused-ring (bicyclic) bond motifs is 1. The Morgan fingerprint density at radius 3 is 2.86 bits per heavy atom. The Bertz CT molecular complexity index is 797. The predicted molar refractivity (Wildman–Crippen MR) is 81.8 cm³/mol. The van der Waals surface area contributed by atoms with Crippen molar-refractivity contribution in [2.75, 3.05) is 6.61 Å². The maximum atomic E-state index is 12.3. The summed E-state index contributed by atoms with van der Waals surface area (Å²) in [7, 11) is 0. The van der Waals surface area contributed by atoms with Crippen LogP contribution in [0.5, 0.6) is 5.75 Å². The van der Waals surface area contributed by atoms with Crippen LogP contribution in [0.1, 0.15) is 23.1 Å². The van der Waals surface area contributed by atoms with Gasteiger partial charge in [-0.25, -0.2) is 0 Å². The molecule has 0 aliphatic heterocycles. The molecule has 0 unspecified atom stereocenters. The molecule has 0 atom stereocenters. The van der Waals surface area contributed by atoms with E-state index in [0.29, 0.717) is 30.3 Å². The van der Waals surface area contributed by atoms with Crippen LogP contribution in [0.2, 0.25) is 0 Å². The second-order valence-electron chi connectivity index (χ2n) is 4.66. The Balaban J connectivity index is 1.75. The minimum Gasteiger partial charge on any atom is -0.493 e. The van der Waals surface area contributed by atoms with Gasteiger partial charge in [0, 0.05) is 6.20 Å². The summed E-state index contributed by atoms with van der Waals surface area (Å²) in [5.74, 6) is 1.06. The Hall–Kier alpha value is -2.89. The van der Waals surface area contributed by atoms with Gasteiger partial charge in [-0.05, 0) is 31.2 Å². The number of benzene rings is 1. The van der Waals surface area contributed by atoms with Gasteiger partial charge in [-0.3, -0.25) is 9.20 Å². The Kier molecular flexibility index (Phi) is 4.00. The fraction of sp³-hybridized carbons (Fsp3) is 0.188. The Labute approximate surface area is 127 Å². The van der Waals surface area contributed by atoms with Crippen LogP contribution in [0.15, 0.2) is 48.7 Å². The normalized spacial score (nSPS) is 10.6. The highest BCUT2D eigenvalue weighted by atomic mass is 16.5. The minimum absolute atomic E-state index is 0.197. The standard InChI is InChI=1S/C16H16N4O2/c1-2-22-13-8-4-3-7-12(13)16(21)17-11-15-19-18-14-9-5-6-10-20(14)15/h3-10H,2,11H2,1H3,(H,17,21). The number of pyridine rings is 1. The van der Waals surface area contributed by atoms with Gasteiger partial charge in [-0.2, -0.15) is 0 Å². The quantitative estimate of drug-likeness (QED) is 0.782. The number of hydrogen-bond acceptors (Lipinski definition) is 4. The van der Waals surface area contributed by atoms with Crippen molar-refractivity contribution < 1.29 is 9.53 Å². The molecule has 6 nitrogen and oxygen atoms in total. The summed E-state index contributed by atoms with van der Waals surface area (Å²) >= 11 is 0. The van der Waals surface area contributed by atoms with Crippen LogP contribution < -0.4 is 10.1 Å². The summed E-state index contributed by atoms with van der Waals surface area (Å²) in [5.41, 5.74) is 1.26. The number of ether oxygens (including phenoxy) is 1. The Morgan fingerprint density at radius 2 is 2.00 bits per heavy atom. The van der Waals surface area contributed by atoms with Crippen LogP contribution in [0.25, 0.3) is 5.65 Å². The molecule has 0 aliphatic carbocycles. The first kappa shape index (κ1) is 14.1. The number of nitrogens with one attached hydrogen (secondary N) is 1. The van der Waals surface area contributed by atoms with E-state index in [-0.39, 0.29) is 5.91 Å². The summed E-state index contributed by atoms with van der Waals surface area (Å²) in [4.78, 5) is 12.3. The molecule has 2 aromatic heterocycles. The molecule has 0 radical (unpaired) electrons. The molecule has 0 saturated carbocycles. The van der Waals surface area contributed by atoms with Gasteiger partial charge in [0.2, 0.25) is 0 Å². The molecule has 0 fully saturated rings. The van der Waals surface area contributed by atoms with Crippen LogP contribution in [0.3, 0.4) is 0 Å². The van der Waals surface area contributed by atoms with Gasteiger partial charge < -0.3 is 10.1 Å². The zero-order valence-corrected chi connectivity index (χ0v) is 12.2. The van der Waals surface area contributed by atoms with Crippen LogP contribution in [0, 0.1) is 0 Å². The summed E-state index contributed by atoms with van der Waals surface area (Å²) in [6.07, 6.45) is 1.87. The van der Waals surface area contributed by atoms with Crippen molar-refractivity contribution in [3.05, 3.63) is 60.0 Å². The summed E-state index contributed by atoms with van der Waals surface area (Å²) in [5, 5.41) is 11.0. The van der Waals surface area contributed by atoms with Crippen LogP contribution in [0.4, 0.5) is 0 Å². The van der Waals surface area contributed by atoms with Crippen LogP contribution in [-0.4, -0.2) is 27.1 Å². The maximum Gasteiger partial charge on any atom is 0.255 e. The number of nitrogens with zero attached hydrogens (tertiary/aromatic N) is 3. The summed E-state index contributed by atoms with van der Waals surface area (Å²) < 4.78 is 7.31. The third-order valence-electron chi connectivity index (χ3n) is 3.22. The zero-order valence-electron chi connectivity index (χ0n) is 12.2. The van der Waals surface area contributed by atoms with Gasteiger partial charge in [0.05, 0.1) is 18.7 Å². The largest absolute Gasteiger partial charge is 0.493 e. The average Bonchev–Trinajstić information content (AvgIpc) is 2.97. The van der Waals surface area contributed by atoms with Gasteiger partial charge in [0.1, 0.15) is 5.75 Å². The lowest BCUT2D eigenvalue weighted by molar-refractivity contribution is 0.0946. The van der Waals surface area contributed by atoms with Crippen LogP contribution >= 0.6 is 0 Å². The van der Waals surface area contributed by atoms with E-state index in [4.69, 9.17) is 4.74 Å². The van der Waals surface area contributed by atoms with E-state index in [0.717, 1.165) is 5.65 Å². The summed E-state index contributed by atoms with van der Waals surface area (Å²) in [6, 6.07) is 12.8. The number of para-hydroxylation sites is 1. The number of carbonyl (C=O) groups is 1. The molecule has 1 N–H and O–H groups in total. The number of aromatic nitrogens is 3. The van der Waals surface area contributed by atoms with E-state index in [1.807, 2.05) is 47.9 Å². The third-order valence-corrected chi connectivity index (χ3v) is 3.22. The van der Waals surface area contributed by atoms with Gasteiger partial charge in [0.15, 0.2) is 11.5 Å². The molecular weight excluding hydrogens is 280 g/mol. The first-order valence-corrected chi connectivity index (χ1v) is 7.08. The van der Waals surface area contributed by atoms with E-state index in [9.17, 15) is 4.79 Å². The van der Waals surface area contributed by atoms with E-state index in [1.165, 1.54) is 0 Å². The maximum absolute atomic E-state index is 12.3. The van der Waals surface area contributed by atoms with Gasteiger partial charge in [-0.15, -0.1) is 10.2 Å². The van der Waals surface area contributed by atoms with Crippen molar-refractivity contribution in [1.82, 2.24) is 19.9 Å². The first-order chi connectivity index (χ1) is 10.8. The second kappa shape index (κ2) is 6.26. The molecule has 2 heterocycles. The first-order valence-electron chi connectivity index (χ1n) is 7.08. The fourth-order valence-corrected chi connectivity index (χ4v) is 2.20. The van der Waals surface area contributed by atoms with Crippen molar-refractivity contribution in [3.8, 4) is 5.75 Å². The predicted octanol–water partition coefficient (Wildman–Crippen LogP) is 2.06. The van der Waals surface area contributed by atoms with Gasteiger partial charge in [-0.1, -0.05) is 18.2 Å². The monoisotopic (exact) mass is 296 g/mol. The zero-order chi connectivity index (χ0) is 15.4. The van der Waals surface area contributed by atoms with E-state index < -0.39 is 0 Å². The van der Waals surface area contributed by atoms with Crippen molar-refractivity contribution in [2.24, 2.45) is 0 Å². The smallest absolute Gasteiger partial charge is 0.255 e. The molecule has 0 aliphatic rings. The molecule has 1 amide bonds. The minimum atomic E-state index is -0.197. The molecule has 0 bridgehead atoms. The topological polar surface area (TPSA) is 68.5 Å². The second-order valence-corrected chi connectivity index (χ2v) is 4.66. The lowest BCUT2D eigenvalue weighted by Gasteiger charge is -2.09. The lowest BCUT2D eigenvalue weighted by atomic mass is 10.2. The van der Waals surface area contributed by atoms with E-state index >= 15 is 0 Å². The molecule has 112 valence electrons. The molecule has 0 spiro atoms. The highest BCUT2D eigenvalue weighted by Gasteiger charge is 2.13. The van der Waals surface area contributed by atoms with Gasteiger partial charge >= 0.3 is 0 Å². The highest BCUT2D eigenvalue weighted by Crippen LogP contribution is 2.17. The van der Waals surface area contributed by atoms with Crippen molar-refractivity contribution >= 4 is 11.6 Å². The number of hydrogen-bond donors (Lipinski definition) is 1. The van der Waals surface area contributed by atoms with E-state index in [2.05, 4.69) is 15.5 Å². The Morgan fingerprint density at radius 1 is 1.18 bits per heavy atom. The van der Waals surface area contributed by atoms with Crippen molar-refractivity contribution in [1.29, 1.82) is 0 Å². The fourth-order valence-electron chi connectivity index (χ4n) is 2.20. The molecular formula is C16H16N4O2. The van der Waals surface area contributed by atoms with E-state index in [1.54, 1.807) is 12.1 Å². The molecule has 3 aromatic rings. The van der Waals surface area contributed by atoms with Crippen molar-refractivity contribution in [3.63, 3.8) is 0 Å². The number of carbonyl (C=O) groups excluding carboxylic acids is 1. The van der Waals surface area contributed by atoms with Crippen molar-refractivity contribution in [2.45, 2.75) is 13.5 Å². The molecule has 1 aromatic carbocycles. The number of amides is 1.